The van der Waals surface area contributed by atoms with Gasteiger partial charge in [-0.05, 0) is 77.4 Å². The molecule has 0 atom stereocenters. The molecule has 0 aliphatic rings. The van der Waals surface area contributed by atoms with Gasteiger partial charge < -0.3 is 18.9 Å². The van der Waals surface area contributed by atoms with Crippen LogP contribution in [0.25, 0.3) is 0 Å². The van der Waals surface area contributed by atoms with E-state index in [2.05, 4.69) is 111 Å². The van der Waals surface area contributed by atoms with Crippen molar-refractivity contribution in [2.75, 3.05) is 28.4 Å². The van der Waals surface area contributed by atoms with Crippen LogP contribution in [0.2, 0.25) is 0 Å². The van der Waals surface area contributed by atoms with E-state index in [1.165, 1.54) is 42.0 Å². The van der Waals surface area contributed by atoms with Crippen molar-refractivity contribution in [1.82, 2.24) is 0 Å². The first-order valence-electron chi connectivity index (χ1n) is 10.00. The zero-order chi connectivity index (χ0) is 29.1. The van der Waals surface area contributed by atoms with Crippen molar-refractivity contribution in [3.63, 3.8) is 0 Å². The SMILES string of the molecule is C.COC(=O)C(C(=O)OC)c1ccc(Br)c(C)c1.COC(=O)CC(=O)OC.Cc1cc(I)ccc1Br.[Cu][I]. The molecule has 2 aromatic carbocycles. The number of esters is 4. The minimum atomic E-state index is -1.03. The molecule has 2 aromatic rings. The predicted octanol–water partition coefficient (Wildman–Crippen LogP) is 6.79. The first kappa shape index (κ1) is 41.7. The van der Waals surface area contributed by atoms with Crippen molar-refractivity contribution in [3.05, 3.63) is 65.6 Å². The summed E-state index contributed by atoms with van der Waals surface area (Å²) >= 11 is 15.0. The van der Waals surface area contributed by atoms with E-state index < -0.39 is 29.8 Å². The predicted molar refractivity (Wildman–Crippen MR) is 167 cm³/mol. The Bertz CT molecular complexity index is 1010. The van der Waals surface area contributed by atoms with E-state index in [1.54, 1.807) is 38.5 Å². The summed E-state index contributed by atoms with van der Waals surface area (Å²) in [5.74, 6) is -3.45. The Labute approximate surface area is 274 Å². The summed E-state index contributed by atoms with van der Waals surface area (Å²) < 4.78 is 21.0. The monoisotopic (exact) mass is 934 g/mol. The molecule has 0 heterocycles. The number of aryl methyl sites for hydroxylation is 2. The number of rotatable bonds is 5. The fourth-order valence-electron chi connectivity index (χ4n) is 2.32. The van der Waals surface area contributed by atoms with Gasteiger partial charge in [0.25, 0.3) is 0 Å². The maximum absolute atomic E-state index is 11.6. The van der Waals surface area contributed by atoms with Gasteiger partial charge in [0.05, 0.1) is 28.4 Å². The molecule has 13 heteroatoms. The van der Waals surface area contributed by atoms with Crippen LogP contribution in [0.15, 0.2) is 45.3 Å². The summed E-state index contributed by atoms with van der Waals surface area (Å²) in [5, 5.41) is 0. The molecule has 2 rings (SSSR count). The fourth-order valence-corrected chi connectivity index (χ4v) is 3.46. The Balaban J connectivity index is -0.000000498. The molecule has 0 aromatic heterocycles. The molecule has 218 valence electrons. The van der Waals surface area contributed by atoms with Gasteiger partial charge in [0, 0.05) is 12.5 Å². The first-order chi connectivity index (χ1) is 17.4. The molecular weight excluding hydrogens is 905 g/mol. The van der Waals surface area contributed by atoms with Gasteiger partial charge in [-0.15, -0.1) is 0 Å². The molecule has 0 radical (unpaired) electrons. The number of carbonyl (C=O) groups is 4. The van der Waals surface area contributed by atoms with Crippen molar-refractivity contribution in [2.45, 2.75) is 33.6 Å². The second-order valence-corrected chi connectivity index (χ2v) is 9.66. The van der Waals surface area contributed by atoms with E-state index in [4.69, 9.17) is 0 Å². The zero-order valence-electron chi connectivity index (χ0n) is 20.8. The van der Waals surface area contributed by atoms with Crippen molar-refractivity contribution >= 4 is 98.7 Å². The van der Waals surface area contributed by atoms with Crippen LogP contribution in [-0.4, -0.2) is 52.3 Å². The molecule has 0 amide bonds. The number of carbonyl (C=O) groups excluding carboxylic acids is 4. The molecule has 38 heavy (non-hydrogen) atoms. The summed E-state index contributed by atoms with van der Waals surface area (Å²) in [7, 11) is 4.91. The van der Waals surface area contributed by atoms with E-state index in [9.17, 15) is 19.2 Å². The summed E-state index contributed by atoms with van der Waals surface area (Å²) in [6.07, 6.45) is -0.312. The Morgan fingerprint density at radius 3 is 1.47 bits per heavy atom. The van der Waals surface area contributed by atoms with Crippen molar-refractivity contribution < 1.29 is 50.9 Å². The number of methoxy groups -OCH3 is 4. The maximum atomic E-state index is 11.6. The summed E-state index contributed by atoms with van der Waals surface area (Å²) in [6.45, 7) is 3.96. The van der Waals surface area contributed by atoms with Crippen LogP contribution in [-0.2, 0) is 50.9 Å². The molecule has 0 aliphatic carbocycles. The van der Waals surface area contributed by atoms with Gasteiger partial charge >= 0.3 is 57.0 Å². The van der Waals surface area contributed by atoms with Gasteiger partial charge in [-0.2, -0.15) is 0 Å². The quantitative estimate of drug-likeness (QED) is 0.106. The molecule has 8 nitrogen and oxygen atoms in total. The van der Waals surface area contributed by atoms with Gasteiger partial charge in [-0.3, -0.25) is 19.2 Å². The van der Waals surface area contributed by atoms with E-state index >= 15 is 0 Å². The number of halogens is 4. The van der Waals surface area contributed by atoms with Gasteiger partial charge in [0.1, 0.15) is 6.42 Å². The molecule has 0 fully saturated rings. The van der Waals surface area contributed by atoms with E-state index in [0.29, 0.717) is 5.56 Å². The van der Waals surface area contributed by atoms with Crippen LogP contribution in [0.5, 0.6) is 0 Å². The van der Waals surface area contributed by atoms with Gasteiger partial charge in [-0.1, -0.05) is 51.4 Å². The average Bonchev–Trinajstić information content (AvgIpc) is 2.90. The van der Waals surface area contributed by atoms with Gasteiger partial charge in [-0.25, -0.2) is 0 Å². The third kappa shape index (κ3) is 17.1. The Hall–Kier alpha value is -0.741. The van der Waals surface area contributed by atoms with Crippen LogP contribution >= 0.6 is 74.8 Å². The Morgan fingerprint density at radius 2 is 1.16 bits per heavy atom. The number of benzene rings is 2. The fraction of sp³-hybridized carbons (Fsp3) is 0.360. The minimum absolute atomic E-state index is 0. The third-order valence-corrected chi connectivity index (χ3v) is 6.70. The standard InChI is InChI=1S/C12H13BrO4.C7H6BrI.C5H8O4.CH4.Cu.HI/c1-7-6-8(4-5-9(7)13)10(11(14)16-2)12(15)17-3;1-5-4-6(9)2-3-7(5)8;1-8-4(6)3-5(7)9-2;;;/h4-6,10H,1-3H3;2-4H,1H3;3H2,1-2H3;1H4;;1H/q;;;;+1;/p-1. The molecule has 0 bridgehead atoms. The number of hydrogen-bond acceptors (Lipinski definition) is 8. The van der Waals surface area contributed by atoms with Crippen LogP contribution in [0, 0.1) is 17.4 Å². The molecule has 0 saturated carbocycles. The molecule has 0 spiro atoms. The van der Waals surface area contributed by atoms with Crippen LogP contribution in [0.4, 0.5) is 0 Å². The second-order valence-electron chi connectivity index (χ2n) is 6.71. The van der Waals surface area contributed by atoms with E-state index in [1.807, 2.05) is 6.92 Å². The second kappa shape index (κ2) is 24.1. The summed E-state index contributed by atoms with van der Waals surface area (Å²) in [6, 6.07) is 11.5. The average molecular weight is 937 g/mol. The van der Waals surface area contributed by atoms with E-state index in [0.717, 1.165) is 10.0 Å². The first-order valence-corrected chi connectivity index (χ1v) is 15.7. The molecule has 0 aliphatic heterocycles. The normalized spacial score (nSPS) is 8.97. The molecule has 0 unspecified atom stereocenters. The molecular formula is C25H31Br2CuI2O8. The van der Waals surface area contributed by atoms with Gasteiger partial charge in [0.15, 0.2) is 5.92 Å². The topological polar surface area (TPSA) is 105 Å². The van der Waals surface area contributed by atoms with Crippen LogP contribution in [0.3, 0.4) is 0 Å². The summed E-state index contributed by atoms with van der Waals surface area (Å²) in [4.78, 5) is 43.7. The van der Waals surface area contributed by atoms with Crippen LogP contribution in [0.1, 0.15) is 36.5 Å². The number of ether oxygens (including phenoxy) is 4. The Kier molecular flexibility index (Phi) is 26.5. The summed E-state index contributed by atoms with van der Waals surface area (Å²) in [5.41, 5.74) is 2.78. The van der Waals surface area contributed by atoms with E-state index in [-0.39, 0.29) is 13.8 Å². The van der Waals surface area contributed by atoms with Gasteiger partial charge in [0.2, 0.25) is 0 Å². The zero-order valence-corrected chi connectivity index (χ0v) is 29.3. The third-order valence-electron chi connectivity index (χ3n) is 4.25. The Morgan fingerprint density at radius 1 is 0.763 bits per heavy atom. The number of hydrogen-bond donors (Lipinski definition) is 0. The van der Waals surface area contributed by atoms with Crippen molar-refractivity contribution in [2.24, 2.45) is 0 Å². The molecule has 0 N–H and O–H groups in total. The molecule has 0 saturated heterocycles. The van der Waals surface area contributed by atoms with Crippen molar-refractivity contribution in [1.29, 1.82) is 0 Å². The van der Waals surface area contributed by atoms with Crippen LogP contribution < -0.4 is 0 Å². The van der Waals surface area contributed by atoms with Crippen molar-refractivity contribution in [3.8, 4) is 0 Å².